The lowest BCUT2D eigenvalue weighted by atomic mass is 10.1. The van der Waals surface area contributed by atoms with Gasteiger partial charge in [-0.3, -0.25) is 9.89 Å². The highest BCUT2D eigenvalue weighted by Gasteiger charge is 2.19. The number of H-pyrrole nitrogens is 1. The van der Waals surface area contributed by atoms with E-state index in [2.05, 4.69) is 20.7 Å². The minimum atomic E-state index is -0.204. The molecule has 6 nitrogen and oxygen atoms in total. The number of aromatic nitrogens is 3. The molecular formula is C17H18N4O2. The van der Waals surface area contributed by atoms with Gasteiger partial charge in [0.1, 0.15) is 17.5 Å². The van der Waals surface area contributed by atoms with Crippen molar-refractivity contribution < 1.29 is 9.32 Å². The summed E-state index contributed by atoms with van der Waals surface area (Å²) in [5.74, 6) is -0.204. The maximum Gasteiger partial charge on any atom is 0.257 e. The SMILES string of the molecule is Cc1cc(CC(C)NC(=O)c2conc2-c2ccccc2)n[nH]1. The van der Waals surface area contributed by atoms with Crippen LogP contribution in [0.15, 0.2) is 47.2 Å². The molecule has 118 valence electrons. The van der Waals surface area contributed by atoms with Crippen molar-refractivity contribution in [3.8, 4) is 11.3 Å². The normalized spacial score (nSPS) is 12.1. The van der Waals surface area contributed by atoms with Crippen LogP contribution in [0.4, 0.5) is 0 Å². The van der Waals surface area contributed by atoms with Crippen LogP contribution >= 0.6 is 0 Å². The molecule has 2 aromatic heterocycles. The monoisotopic (exact) mass is 310 g/mol. The molecule has 1 unspecified atom stereocenters. The van der Waals surface area contributed by atoms with Gasteiger partial charge in [-0.25, -0.2) is 0 Å². The van der Waals surface area contributed by atoms with Gasteiger partial charge in [-0.1, -0.05) is 35.5 Å². The van der Waals surface area contributed by atoms with Gasteiger partial charge < -0.3 is 9.84 Å². The lowest BCUT2D eigenvalue weighted by molar-refractivity contribution is 0.0940. The Hall–Kier alpha value is -2.89. The molecule has 0 bridgehead atoms. The molecule has 3 rings (SSSR count). The molecule has 0 fully saturated rings. The summed E-state index contributed by atoms with van der Waals surface area (Å²) in [6.07, 6.45) is 2.03. The zero-order valence-corrected chi connectivity index (χ0v) is 13.0. The number of hydrogen-bond acceptors (Lipinski definition) is 4. The van der Waals surface area contributed by atoms with E-state index in [-0.39, 0.29) is 11.9 Å². The number of hydrogen-bond donors (Lipinski definition) is 2. The van der Waals surface area contributed by atoms with Crippen molar-refractivity contribution >= 4 is 5.91 Å². The summed E-state index contributed by atoms with van der Waals surface area (Å²) in [7, 11) is 0. The van der Waals surface area contributed by atoms with Crippen LogP contribution < -0.4 is 5.32 Å². The summed E-state index contributed by atoms with van der Waals surface area (Å²) in [6, 6.07) is 11.4. The number of amides is 1. The molecule has 6 heteroatoms. The Morgan fingerprint density at radius 3 is 2.83 bits per heavy atom. The zero-order chi connectivity index (χ0) is 16.2. The van der Waals surface area contributed by atoms with Crippen molar-refractivity contribution in [3.05, 3.63) is 59.6 Å². The van der Waals surface area contributed by atoms with Gasteiger partial charge >= 0.3 is 0 Å². The second kappa shape index (κ2) is 6.48. The fourth-order valence-corrected chi connectivity index (χ4v) is 2.45. The van der Waals surface area contributed by atoms with Crippen LogP contribution in [0.3, 0.4) is 0 Å². The van der Waals surface area contributed by atoms with Crippen LogP contribution in [0.2, 0.25) is 0 Å². The van der Waals surface area contributed by atoms with E-state index < -0.39 is 0 Å². The van der Waals surface area contributed by atoms with Crippen LogP contribution in [0.25, 0.3) is 11.3 Å². The Morgan fingerprint density at radius 2 is 2.13 bits per heavy atom. The van der Waals surface area contributed by atoms with Crippen molar-refractivity contribution in [2.45, 2.75) is 26.3 Å². The molecular weight excluding hydrogens is 292 g/mol. The molecule has 0 saturated heterocycles. The molecule has 1 amide bonds. The van der Waals surface area contributed by atoms with Gasteiger partial charge in [0.05, 0.1) is 5.69 Å². The highest BCUT2D eigenvalue weighted by atomic mass is 16.5. The number of nitrogens with one attached hydrogen (secondary N) is 2. The number of aromatic amines is 1. The Labute approximate surface area is 133 Å². The van der Waals surface area contributed by atoms with Crippen molar-refractivity contribution in [1.29, 1.82) is 0 Å². The summed E-state index contributed by atoms with van der Waals surface area (Å²) in [5.41, 5.74) is 3.75. The highest BCUT2D eigenvalue weighted by Crippen LogP contribution is 2.21. The minimum absolute atomic E-state index is 0.0521. The van der Waals surface area contributed by atoms with Crippen molar-refractivity contribution in [2.24, 2.45) is 0 Å². The molecule has 2 heterocycles. The summed E-state index contributed by atoms with van der Waals surface area (Å²) in [6.45, 7) is 3.89. The molecule has 0 aliphatic heterocycles. The Bertz CT molecular complexity index is 792. The summed E-state index contributed by atoms with van der Waals surface area (Å²) >= 11 is 0. The average molecular weight is 310 g/mol. The molecule has 3 aromatic rings. The number of carbonyl (C=O) groups excluding carboxylic acids is 1. The summed E-state index contributed by atoms with van der Waals surface area (Å²) < 4.78 is 5.00. The van der Waals surface area contributed by atoms with Crippen molar-refractivity contribution in [2.75, 3.05) is 0 Å². The van der Waals surface area contributed by atoms with Crippen LogP contribution in [0.5, 0.6) is 0 Å². The topological polar surface area (TPSA) is 83.8 Å². The fourth-order valence-electron chi connectivity index (χ4n) is 2.45. The van der Waals surface area contributed by atoms with Crippen LogP contribution in [0, 0.1) is 6.92 Å². The second-order valence-corrected chi connectivity index (χ2v) is 5.56. The fraction of sp³-hybridized carbons (Fsp3) is 0.235. The van der Waals surface area contributed by atoms with Gasteiger partial charge in [0.25, 0.3) is 5.91 Å². The van der Waals surface area contributed by atoms with E-state index in [0.29, 0.717) is 17.7 Å². The average Bonchev–Trinajstić information content (AvgIpc) is 3.17. The van der Waals surface area contributed by atoms with Crippen LogP contribution in [-0.4, -0.2) is 27.3 Å². The van der Waals surface area contributed by atoms with Gasteiger partial charge in [0.2, 0.25) is 0 Å². The maximum absolute atomic E-state index is 12.5. The Morgan fingerprint density at radius 1 is 1.35 bits per heavy atom. The quantitative estimate of drug-likeness (QED) is 0.759. The molecule has 0 radical (unpaired) electrons. The first-order chi connectivity index (χ1) is 11.1. The molecule has 23 heavy (non-hydrogen) atoms. The zero-order valence-electron chi connectivity index (χ0n) is 13.0. The molecule has 0 aliphatic rings. The van der Waals surface area contributed by atoms with Gasteiger partial charge in [0.15, 0.2) is 0 Å². The lowest BCUT2D eigenvalue weighted by Crippen LogP contribution is -2.34. The van der Waals surface area contributed by atoms with Gasteiger partial charge in [-0.05, 0) is 19.9 Å². The van der Waals surface area contributed by atoms with E-state index in [1.54, 1.807) is 0 Å². The van der Waals surface area contributed by atoms with Crippen LogP contribution in [-0.2, 0) is 6.42 Å². The first kappa shape index (κ1) is 15.0. The van der Waals surface area contributed by atoms with E-state index in [4.69, 9.17) is 4.52 Å². The van der Waals surface area contributed by atoms with E-state index in [0.717, 1.165) is 17.0 Å². The maximum atomic E-state index is 12.5. The van der Waals surface area contributed by atoms with Gasteiger partial charge in [-0.2, -0.15) is 5.10 Å². The largest absolute Gasteiger partial charge is 0.363 e. The van der Waals surface area contributed by atoms with Crippen molar-refractivity contribution in [3.63, 3.8) is 0 Å². The molecule has 0 saturated carbocycles. The third kappa shape index (κ3) is 3.48. The standard InChI is InChI=1S/C17H18N4O2/c1-11(8-14-9-12(2)19-20-14)18-17(22)15-10-23-21-16(15)13-6-4-3-5-7-13/h3-7,9-11H,8H2,1-2H3,(H,18,22)(H,19,20). The van der Waals surface area contributed by atoms with E-state index in [9.17, 15) is 4.79 Å². The number of carbonyl (C=O) groups is 1. The smallest absolute Gasteiger partial charge is 0.257 e. The number of nitrogens with zero attached hydrogens (tertiary/aromatic N) is 2. The number of aryl methyl sites for hydroxylation is 1. The van der Waals surface area contributed by atoms with E-state index in [1.807, 2.05) is 50.2 Å². The van der Waals surface area contributed by atoms with Gasteiger partial charge in [-0.15, -0.1) is 0 Å². The van der Waals surface area contributed by atoms with E-state index >= 15 is 0 Å². The highest BCUT2D eigenvalue weighted by molar-refractivity contribution is 5.99. The molecule has 0 aliphatic carbocycles. The van der Waals surface area contributed by atoms with Gasteiger partial charge in [0, 0.05) is 23.7 Å². The molecule has 0 spiro atoms. The predicted molar refractivity (Wildman–Crippen MR) is 85.9 cm³/mol. The van der Waals surface area contributed by atoms with Crippen molar-refractivity contribution in [1.82, 2.24) is 20.7 Å². The number of rotatable bonds is 5. The number of benzene rings is 1. The Kier molecular flexibility index (Phi) is 4.23. The van der Waals surface area contributed by atoms with Crippen LogP contribution in [0.1, 0.15) is 28.7 Å². The molecule has 1 aromatic carbocycles. The summed E-state index contributed by atoms with van der Waals surface area (Å²) in [5, 5.41) is 14.0. The Balaban J connectivity index is 1.70. The molecule has 1 atom stereocenters. The first-order valence-electron chi connectivity index (χ1n) is 7.45. The third-order valence-electron chi connectivity index (χ3n) is 3.51. The predicted octanol–water partition coefficient (Wildman–Crippen LogP) is 2.73. The lowest BCUT2D eigenvalue weighted by Gasteiger charge is -2.12. The third-order valence-corrected chi connectivity index (χ3v) is 3.51. The molecule has 2 N–H and O–H groups in total. The minimum Gasteiger partial charge on any atom is -0.363 e. The summed E-state index contributed by atoms with van der Waals surface area (Å²) in [4.78, 5) is 12.5. The second-order valence-electron chi connectivity index (χ2n) is 5.56. The van der Waals surface area contributed by atoms with E-state index in [1.165, 1.54) is 6.26 Å². The first-order valence-corrected chi connectivity index (χ1v) is 7.45.